The van der Waals surface area contributed by atoms with Gasteiger partial charge in [0.05, 0.1) is 12.8 Å². The van der Waals surface area contributed by atoms with Crippen molar-refractivity contribution in [3.05, 3.63) is 41.3 Å². The van der Waals surface area contributed by atoms with E-state index in [1.807, 2.05) is 49.8 Å². The second-order valence-electron chi connectivity index (χ2n) is 5.23. The molecule has 3 rings (SSSR count). The van der Waals surface area contributed by atoms with E-state index < -0.39 is 0 Å². The number of ether oxygens (including phenoxy) is 1. The molecule has 0 saturated carbocycles. The summed E-state index contributed by atoms with van der Waals surface area (Å²) in [6.45, 7) is 4.53. The summed E-state index contributed by atoms with van der Waals surface area (Å²) in [7, 11) is 3.57. The Morgan fingerprint density at radius 2 is 1.86 bits per heavy atom. The Kier molecular flexibility index (Phi) is 3.66. The van der Waals surface area contributed by atoms with Crippen molar-refractivity contribution >= 4 is 16.9 Å². The van der Waals surface area contributed by atoms with Gasteiger partial charge in [0.15, 0.2) is 5.82 Å². The average Bonchev–Trinajstić information content (AvgIpc) is 2.80. The Bertz CT molecular complexity index is 808. The van der Waals surface area contributed by atoms with E-state index in [1.54, 1.807) is 7.11 Å². The summed E-state index contributed by atoms with van der Waals surface area (Å²) < 4.78 is 6.99. The lowest BCUT2D eigenvalue weighted by atomic mass is 10.2. The molecule has 0 bridgehead atoms. The van der Waals surface area contributed by atoms with Crippen LogP contribution in [0.2, 0.25) is 0 Å². The molecule has 0 saturated heterocycles. The van der Waals surface area contributed by atoms with Gasteiger partial charge in [-0.3, -0.25) is 4.68 Å². The molecule has 2 heterocycles. The Morgan fingerprint density at radius 1 is 1.14 bits per heavy atom. The monoisotopic (exact) mass is 297 g/mol. The lowest BCUT2D eigenvalue weighted by Gasteiger charge is -2.09. The highest BCUT2D eigenvalue weighted by Gasteiger charge is 2.13. The molecular formula is C16H19N5O. The maximum absolute atomic E-state index is 5.17. The molecule has 0 fully saturated rings. The molecule has 114 valence electrons. The highest BCUT2D eigenvalue weighted by Crippen LogP contribution is 2.23. The van der Waals surface area contributed by atoms with Crippen molar-refractivity contribution in [3.8, 4) is 5.75 Å². The van der Waals surface area contributed by atoms with Crippen molar-refractivity contribution in [1.29, 1.82) is 0 Å². The predicted molar refractivity (Wildman–Crippen MR) is 86.1 cm³/mol. The first-order chi connectivity index (χ1) is 10.6. The molecule has 22 heavy (non-hydrogen) atoms. The summed E-state index contributed by atoms with van der Waals surface area (Å²) in [6, 6.07) is 7.97. The number of aryl methyl sites for hydroxylation is 3. The van der Waals surface area contributed by atoms with E-state index >= 15 is 0 Å². The van der Waals surface area contributed by atoms with Crippen LogP contribution in [0.4, 0.5) is 5.82 Å². The number of hydrogen-bond donors (Lipinski definition) is 1. The van der Waals surface area contributed by atoms with Crippen molar-refractivity contribution in [2.45, 2.75) is 20.4 Å². The van der Waals surface area contributed by atoms with Crippen LogP contribution in [0.5, 0.6) is 5.75 Å². The molecule has 6 heteroatoms. The molecular weight excluding hydrogens is 278 g/mol. The van der Waals surface area contributed by atoms with Gasteiger partial charge in [0.1, 0.15) is 22.6 Å². The van der Waals surface area contributed by atoms with Crippen molar-refractivity contribution in [2.24, 2.45) is 7.05 Å². The smallest absolute Gasteiger partial charge is 0.156 e. The quantitative estimate of drug-likeness (QED) is 0.802. The first-order valence-corrected chi connectivity index (χ1v) is 7.13. The molecule has 0 amide bonds. The van der Waals surface area contributed by atoms with Gasteiger partial charge >= 0.3 is 0 Å². The van der Waals surface area contributed by atoms with Gasteiger partial charge in [-0.15, -0.1) is 0 Å². The van der Waals surface area contributed by atoms with Crippen LogP contribution < -0.4 is 10.1 Å². The molecule has 0 radical (unpaired) electrons. The zero-order valence-corrected chi connectivity index (χ0v) is 13.2. The Labute approximate surface area is 129 Å². The number of hydrogen-bond acceptors (Lipinski definition) is 5. The third-order valence-electron chi connectivity index (χ3n) is 3.58. The van der Waals surface area contributed by atoms with E-state index in [9.17, 15) is 0 Å². The Hall–Kier alpha value is -2.63. The van der Waals surface area contributed by atoms with E-state index in [4.69, 9.17) is 4.74 Å². The van der Waals surface area contributed by atoms with Crippen molar-refractivity contribution in [1.82, 2.24) is 19.7 Å². The normalized spacial score (nSPS) is 10.9. The minimum atomic E-state index is 0.680. The summed E-state index contributed by atoms with van der Waals surface area (Å²) in [5.41, 5.74) is 3.89. The van der Waals surface area contributed by atoms with Gasteiger partial charge in [0.25, 0.3) is 0 Å². The molecule has 6 nitrogen and oxygen atoms in total. The number of aromatic nitrogens is 4. The lowest BCUT2D eigenvalue weighted by molar-refractivity contribution is 0.414. The van der Waals surface area contributed by atoms with Crippen LogP contribution >= 0.6 is 0 Å². The maximum atomic E-state index is 5.17. The average molecular weight is 297 g/mol. The van der Waals surface area contributed by atoms with Gasteiger partial charge in [-0.1, -0.05) is 12.1 Å². The van der Waals surface area contributed by atoms with Gasteiger partial charge < -0.3 is 10.1 Å². The van der Waals surface area contributed by atoms with Crippen molar-refractivity contribution < 1.29 is 4.74 Å². The SMILES string of the molecule is COc1ccc(CNc2nc(C)nc3c(C)nn(C)c23)cc1. The second-order valence-corrected chi connectivity index (χ2v) is 5.23. The molecule has 0 spiro atoms. The summed E-state index contributed by atoms with van der Waals surface area (Å²) in [4.78, 5) is 9.00. The van der Waals surface area contributed by atoms with Crippen LogP contribution in [0, 0.1) is 13.8 Å². The van der Waals surface area contributed by atoms with Crippen LogP contribution in [0.1, 0.15) is 17.1 Å². The lowest BCUT2D eigenvalue weighted by Crippen LogP contribution is -2.06. The molecule has 0 aliphatic rings. The number of rotatable bonds is 4. The van der Waals surface area contributed by atoms with Crippen LogP contribution in [-0.4, -0.2) is 26.9 Å². The van der Waals surface area contributed by atoms with Gasteiger partial charge in [-0.25, -0.2) is 9.97 Å². The summed E-state index contributed by atoms with van der Waals surface area (Å²) in [5.74, 6) is 2.40. The summed E-state index contributed by atoms with van der Waals surface area (Å²) >= 11 is 0. The van der Waals surface area contributed by atoms with Crippen LogP contribution in [0.3, 0.4) is 0 Å². The minimum absolute atomic E-state index is 0.680. The second kappa shape index (κ2) is 5.63. The Morgan fingerprint density at radius 3 is 2.55 bits per heavy atom. The first kappa shape index (κ1) is 14.3. The molecule has 0 aliphatic heterocycles. The molecule has 0 unspecified atom stereocenters. The fourth-order valence-corrected chi connectivity index (χ4v) is 2.50. The van der Waals surface area contributed by atoms with Crippen molar-refractivity contribution in [3.63, 3.8) is 0 Å². The first-order valence-electron chi connectivity index (χ1n) is 7.13. The number of benzene rings is 1. The van der Waals surface area contributed by atoms with Gasteiger partial charge in [0.2, 0.25) is 0 Å². The van der Waals surface area contributed by atoms with E-state index in [-0.39, 0.29) is 0 Å². The predicted octanol–water partition coefficient (Wildman–Crippen LogP) is 2.60. The Balaban J connectivity index is 1.89. The highest BCUT2D eigenvalue weighted by molar-refractivity contribution is 5.87. The zero-order valence-electron chi connectivity index (χ0n) is 13.2. The molecule has 2 aromatic heterocycles. The van der Waals surface area contributed by atoms with Gasteiger partial charge in [-0.05, 0) is 31.5 Å². The fraction of sp³-hybridized carbons (Fsp3) is 0.312. The maximum Gasteiger partial charge on any atom is 0.156 e. The van der Waals surface area contributed by atoms with Crippen LogP contribution in [-0.2, 0) is 13.6 Å². The molecule has 3 aromatic rings. The number of nitrogens with zero attached hydrogens (tertiary/aromatic N) is 4. The molecule has 1 N–H and O–H groups in total. The van der Waals surface area contributed by atoms with E-state index in [2.05, 4.69) is 20.4 Å². The number of methoxy groups -OCH3 is 1. The molecule has 0 atom stereocenters. The van der Waals surface area contributed by atoms with Crippen LogP contribution in [0.15, 0.2) is 24.3 Å². The van der Waals surface area contributed by atoms with Crippen LogP contribution in [0.25, 0.3) is 11.0 Å². The van der Waals surface area contributed by atoms with Gasteiger partial charge in [-0.2, -0.15) is 5.10 Å². The molecule has 0 aliphatic carbocycles. The van der Waals surface area contributed by atoms with E-state index in [0.29, 0.717) is 6.54 Å². The summed E-state index contributed by atoms with van der Waals surface area (Å²) in [6.07, 6.45) is 0. The third-order valence-corrected chi connectivity index (χ3v) is 3.58. The zero-order chi connectivity index (χ0) is 15.7. The number of fused-ring (bicyclic) bond motifs is 1. The molecule has 1 aromatic carbocycles. The largest absolute Gasteiger partial charge is 0.497 e. The standard InChI is InChI=1S/C16H19N5O/c1-10-14-15(21(3)20-10)16(19-11(2)18-14)17-9-12-5-7-13(22-4)8-6-12/h5-8H,9H2,1-4H3,(H,17,18,19). The number of anilines is 1. The fourth-order valence-electron chi connectivity index (χ4n) is 2.50. The van der Waals surface area contributed by atoms with E-state index in [0.717, 1.165) is 39.7 Å². The minimum Gasteiger partial charge on any atom is -0.497 e. The van der Waals surface area contributed by atoms with Crippen molar-refractivity contribution in [2.75, 3.05) is 12.4 Å². The number of nitrogens with one attached hydrogen (secondary N) is 1. The topological polar surface area (TPSA) is 64.9 Å². The van der Waals surface area contributed by atoms with Gasteiger partial charge in [0, 0.05) is 13.6 Å². The van der Waals surface area contributed by atoms with E-state index in [1.165, 1.54) is 0 Å². The third kappa shape index (κ3) is 2.59. The highest BCUT2D eigenvalue weighted by atomic mass is 16.5. The summed E-state index contributed by atoms with van der Waals surface area (Å²) in [5, 5.41) is 7.81.